The predicted octanol–water partition coefficient (Wildman–Crippen LogP) is 3.76. The summed E-state index contributed by atoms with van der Waals surface area (Å²) >= 11 is 0. The first-order chi connectivity index (χ1) is 17.6. The van der Waals surface area contributed by atoms with Crippen LogP contribution >= 0.6 is 0 Å². The van der Waals surface area contributed by atoms with Crippen LogP contribution in [0.25, 0.3) is 0 Å². The quantitative estimate of drug-likeness (QED) is 0.535. The Morgan fingerprint density at radius 1 is 1.08 bits per heavy atom. The van der Waals surface area contributed by atoms with E-state index >= 15 is 0 Å². The molecule has 0 radical (unpaired) electrons. The lowest BCUT2D eigenvalue weighted by Gasteiger charge is -2.38. The van der Waals surface area contributed by atoms with Gasteiger partial charge in [0.05, 0.1) is 12.3 Å². The zero-order valence-corrected chi connectivity index (χ0v) is 20.1. The lowest BCUT2D eigenvalue weighted by atomic mass is 10.1. The maximum Gasteiger partial charge on any atom is 0.490 e. The van der Waals surface area contributed by atoms with Crippen LogP contribution in [0.15, 0.2) is 28.9 Å². The molecule has 1 aliphatic heterocycles. The summed E-state index contributed by atoms with van der Waals surface area (Å²) in [7, 11) is 0. The highest BCUT2D eigenvalue weighted by atomic mass is 19.4. The van der Waals surface area contributed by atoms with Crippen LogP contribution in [0, 0.1) is 13.8 Å². The number of pyridine rings is 1. The van der Waals surface area contributed by atoms with Crippen LogP contribution in [0.1, 0.15) is 29.9 Å². The first kappa shape index (κ1) is 30.8. The number of halogens is 6. The number of aromatic nitrogens is 2. The van der Waals surface area contributed by atoms with E-state index in [-0.39, 0.29) is 12.2 Å². The number of carboxylic acid groups (broad SMARTS) is 2. The Balaban J connectivity index is 0.000000301. The van der Waals surface area contributed by atoms with Crippen LogP contribution < -0.4 is 4.74 Å². The van der Waals surface area contributed by atoms with Gasteiger partial charge in [-0.15, -0.1) is 0 Å². The molecule has 38 heavy (non-hydrogen) atoms. The van der Waals surface area contributed by atoms with Gasteiger partial charge >= 0.3 is 24.3 Å². The van der Waals surface area contributed by atoms with Crippen molar-refractivity contribution >= 4 is 11.9 Å². The summed E-state index contributed by atoms with van der Waals surface area (Å²) in [4.78, 5) is 24.6. The van der Waals surface area contributed by atoms with E-state index in [0.717, 1.165) is 44.0 Å². The molecule has 3 heterocycles. The number of aliphatic carboxylic acids is 2. The first-order valence-electron chi connectivity index (χ1n) is 11.1. The molecule has 1 saturated carbocycles. The molecule has 2 fully saturated rings. The number of ether oxygens (including phenoxy) is 2. The number of rotatable bonds is 4. The minimum Gasteiger partial charge on any atom is -0.475 e. The third-order valence-corrected chi connectivity index (χ3v) is 5.59. The summed E-state index contributed by atoms with van der Waals surface area (Å²) in [5, 5.41) is 18.3. The average Bonchev–Trinajstić information content (AvgIpc) is 3.38. The second-order valence-electron chi connectivity index (χ2n) is 8.18. The molecule has 1 saturated heterocycles. The number of alkyl halides is 6. The van der Waals surface area contributed by atoms with Gasteiger partial charge < -0.3 is 24.2 Å². The molecule has 0 spiro atoms. The molecule has 0 amide bonds. The number of carbonyl (C=O) groups is 2. The van der Waals surface area contributed by atoms with Crippen LogP contribution in [0.3, 0.4) is 0 Å². The van der Waals surface area contributed by atoms with E-state index in [1.165, 1.54) is 5.56 Å². The minimum atomic E-state index is -5.08. The molecule has 0 bridgehead atoms. The molecule has 16 heteroatoms. The van der Waals surface area contributed by atoms with E-state index in [9.17, 15) is 26.3 Å². The summed E-state index contributed by atoms with van der Waals surface area (Å²) in [6.07, 6.45) is -6.18. The van der Waals surface area contributed by atoms with E-state index in [4.69, 9.17) is 33.8 Å². The molecule has 2 N–H and O–H groups in total. The van der Waals surface area contributed by atoms with Crippen LogP contribution in [0.4, 0.5) is 26.3 Å². The van der Waals surface area contributed by atoms with Crippen LogP contribution in [-0.4, -0.2) is 80.9 Å². The predicted molar refractivity (Wildman–Crippen MR) is 115 cm³/mol. The van der Waals surface area contributed by atoms with Crippen LogP contribution in [0.5, 0.6) is 5.88 Å². The highest BCUT2D eigenvalue weighted by Crippen LogP contribution is 2.34. The Morgan fingerprint density at radius 2 is 1.68 bits per heavy atom. The number of nitrogens with zero attached hydrogens (tertiary/aromatic N) is 3. The highest BCUT2D eigenvalue weighted by molar-refractivity contribution is 5.73. The monoisotopic (exact) mass is 557 g/mol. The van der Waals surface area contributed by atoms with Gasteiger partial charge in [-0.25, -0.2) is 14.6 Å². The molecule has 0 aromatic carbocycles. The van der Waals surface area contributed by atoms with Gasteiger partial charge in [0.2, 0.25) is 5.88 Å². The Morgan fingerprint density at radius 3 is 2.16 bits per heavy atom. The molecular weight excluding hydrogens is 532 g/mol. The Kier molecular flexibility index (Phi) is 10.5. The lowest BCUT2D eigenvalue weighted by molar-refractivity contribution is -0.193. The molecule has 10 nitrogen and oxygen atoms in total. The van der Waals surface area contributed by atoms with Gasteiger partial charge in [0, 0.05) is 37.0 Å². The normalized spacial score (nSPS) is 21.3. The van der Waals surface area contributed by atoms with Gasteiger partial charge in [-0.1, -0.05) is 11.2 Å². The fourth-order valence-electron chi connectivity index (χ4n) is 3.82. The first-order valence-corrected chi connectivity index (χ1v) is 11.1. The van der Waals surface area contributed by atoms with Gasteiger partial charge in [-0.2, -0.15) is 26.3 Å². The van der Waals surface area contributed by atoms with E-state index in [1.54, 1.807) is 6.20 Å². The van der Waals surface area contributed by atoms with Crippen molar-refractivity contribution in [2.24, 2.45) is 0 Å². The largest absolute Gasteiger partial charge is 0.490 e. The van der Waals surface area contributed by atoms with Gasteiger partial charge in [-0.05, 0) is 32.8 Å². The Labute approximate surface area is 212 Å². The van der Waals surface area contributed by atoms with Crippen molar-refractivity contribution in [1.82, 2.24) is 15.0 Å². The number of morpholine rings is 1. The second kappa shape index (κ2) is 12.9. The van der Waals surface area contributed by atoms with Crippen molar-refractivity contribution in [3.05, 3.63) is 41.4 Å². The number of hydrogen-bond donors (Lipinski definition) is 2. The van der Waals surface area contributed by atoms with Gasteiger partial charge in [0.15, 0.2) is 0 Å². The highest BCUT2D eigenvalue weighted by Gasteiger charge is 2.44. The fraction of sp³-hybridized carbons (Fsp3) is 0.545. The zero-order chi connectivity index (χ0) is 28.7. The van der Waals surface area contributed by atoms with Gasteiger partial charge in [0.1, 0.15) is 18.0 Å². The molecule has 3 atom stereocenters. The summed E-state index contributed by atoms with van der Waals surface area (Å²) in [6.45, 7) is 6.51. The topological polar surface area (TPSA) is 135 Å². The molecule has 2 aromatic rings. The third kappa shape index (κ3) is 8.86. The summed E-state index contributed by atoms with van der Waals surface area (Å²) < 4.78 is 80.9. The fourth-order valence-corrected chi connectivity index (χ4v) is 3.82. The van der Waals surface area contributed by atoms with Crippen molar-refractivity contribution in [1.29, 1.82) is 0 Å². The lowest BCUT2D eigenvalue weighted by Crippen LogP contribution is -2.51. The summed E-state index contributed by atoms with van der Waals surface area (Å²) in [5.74, 6) is -3.93. The zero-order valence-electron chi connectivity index (χ0n) is 20.1. The molecule has 2 aliphatic rings. The molecule has 2 aromatic heterocycles. The minimum absolute atomic E-state index is 0.0670. The number of hydrogen-bond acceptors (Lipinski definition) is 8. The Bertz CT molecular complexity index is 1020. The maximum absolute atomic E-state index is 10.6. The van der Waals surface area contributed by atoms with E-state index in [1.807, 2.05) is 32.0 Å². The van der Waals surface area contributed by atoms with Gasteiger partial charge in [0.25, 0.3) is 0 Å². The number of fused-ring (bicyclic) bond motifs is 1. The summed E-state index contributed by atoms with van der Waals surface area (Å²) in [5.41, 5.74) is 2.18. The van der Waals surface area contributed by atoms with Crippen molar-refractivity contribution in [2.45, 2.75) is 63.8 Å². The van der Waals surface area contributed by atoms with Gasteiger partial charge in [-0.3, -0.25) is 4.90 Å². The second-order valence-corrected chi connectivity index (χ2v) is 8.18. The van der Waals surface area contributed by atoms with E-state index in [0.29, 0.717) is 11.9 Å². The molecule has 1 aliphatic carbocycles. The van der Waals surface area contributed by atoms with Crippen LogP contribution in [-0.2, 0) is 20.9 Å². The molecule has 212 valence electrons. The standard InChI is InChI=1S/C18H23N3O3.2C2HF3O2/c1-12-14(13(2)24-20-12)11-21-9-10-22-18-15(21)6-7-16(18)23-17-5-3-4-8-19-17;2*3-2(4,5)1(6)7/h3-5,8,15-16,18H,6-7,9-11H2,1-2H3;2*(H,6,7)/t15-,16-,18+;;/m0../s1. The molecular formula is C22H25F6N3O7. The van der Waals surface area contributed by atoms with Crippen molar-refractivity contribution < 1.29 is 60.1 Å². The van der Waals surface area contributed by atoms with E-state index < -0.39 is 24.3 Å². The van der Waals surface area contributed by atoms with E-state index in [2.05, 4.69) is 15.0 Å². The summed E-state index contributed by atoms with van der Waals surface area (Å²) in [6, 6.07) is 6.12. The molecule has 4 rings (SSSR count). The molecule has 0 unspecified atom stereocenters. The van der Waals surface area contributed by atoms with Crippen molar-refractivity contribution in [3.8, 4) is 5.88 Å². The van der Waals surface area contributed by atoms with Crippen molar-refractivity contribution in [2.75, 3.05) is 13.2 Å². The maximum atomic E-state index is 10.6. The Hall–Kier alpha value is -3.40. The number of aryl methyl sites for hydroxylation is 2. The number of carboxylic acids is 2. The SMILES string of the molecule is Cc1noc(C)c1CN1CCO[C@H]2[C@@H](Oc3ccccn3)CC[C@@H]21.O=C(O)C(F)(F)F.O=C(O)C(F)(F)F. The smallest absolute Gasteiger partial charge is 0.475 e. The van der Waals surface area contributed by atoms with Crippen molar-refractivity contribution in [3.63, 3.8) is 0 Å². The third-order valence-electron chi connectivity index (χ3n) is 5.59. The average molecular weight is 557 g/mol. The van der Waals surface area contributed by atoms with Crippen LogP contribution in [0.2, 0.25) is 0 Å².